The SMILES string of the molecule is C#C[C@@H](OC(=O)c1ccc(-n2nc(C)cc2C)cc1)C1CC1. The number of esters is 1. The standard InChI is InChI=1S/C18H18N2O2/c1-4-17(14-5-6-14)22-18(21)15-7-9-16(10-8-15)20-13(3)11-12(2)19-20/h1,7-11,14,17H,5-6H2,2-3H3/t17-/m1/s1. The highest BCUT2D eigenvalue weighted by atomic mass is 16.5. The summed E-state index contributed by atoms with van der Waals surface area (Å²) in [5, 5.41) is 4.42. The molecular formula is C18H18N2O2. The third-order valence-electron chi connectivity index (χ3n) is 3.81. The predicted molar refractivity (Wildman–Crippen MR) is 83.8 cm³/mol. The Morgan fingerprint density at radius 3 is 2.55 bits per heavy atom. The van der Waals surface area contributed by atoms with E-state index in [0.717, 1.165) is 29.9 Å². The number of aryl methyl sites for hydroxylation is 2. The molecule has 22 heavy (non-hydrogen) atoms. The van der Waals surface area contributed by atoms with Crippen LogP contribution < -0.4 is 0 Å². The lowest BCUT2D eigenvalue weighted by atomic mass is 10.2. The minimum Gasteiger partial charge on any atom is -0.445 e. The second-order valence-electron chi connectivity index (χ2n) is 5.72. The van der Waals surface area contributed by atoms with Gasteiger partial charge in [0.25, 0.3) is 0 Å². The first-order chi connectivity index (χ1) is 10.6. The van der Waals surface area contributed by atoms with Crippen molar-refractivity contribution in [3.63, 3.8) is 0 Å². The van der Waals surface area contributed by atoms with Crippen molar-refractivity contribution < 1.29 is 9.53 Å². The fraction of sp³-hybridized carbons (Fsp3) is 0.333. The molecule has 2 aromatic rings. The number of hydrogen-bond acceptors (Lipinski definition) is 3. The van der Waals surface area contributed by atoms with Gasteiger partial charge in [0.2, 0.25) is 0 Å². The summed E-state index contributed by atoms with van der Waals surface area (Å²) in [6.45, 7) is 3.95. The fourth-order valence-corrected chi connectivity index (χ4v) is 2.48. The average Bonchev–Trinajstić information content (AvgIpc) is 3.29. The minimum absolute atomic E-state index is 0.336. The first kappa shape index (κ1) is 14.4. The molecule has 1 aromatic carbocycles. The van der Waals surface area contributed by atoms with E-state index in [4.69, 9.17) is 11.2 Å². The summed E-state index contributed by atoms with van der Waals surface area (Å²) in [4.78, 5) is 12.1. The third-order valence-corrected chi connectivity index (χ3v) is 3.81. The molecule has 1 aliphatic carbocycles. The molecule has 0 N–H and O–H groups in total. The molecule has 1 aromatic heterocycles. The van der Waals surface area contributed by atoms with Crippen LogP contribution in [0.5, 0.6) is 0 Å². The number of carbonyl (C=O) groups is 1. The van der Waals surface area contributed by atoms with Crippen molar-refractivity contribution >= 4 is 5.97 Å². The smallest absolute Gasteiger partial charge is 0.339 e. The van der Waals surface area contributed by atoms with E-state index in [1.54, 1.807) is 12.1 Å². The van der Waals surface area contributed by atoms with E-state index < -0.39 is 6.10 Å². The molecule has 3 rings (SSSR count). The van der Waals surface area contributed by atoms with Crippen molar-refractivity contribution in [1.82, 2.24) is 9.78 Å². The Hall–Kier alpha value is -2.54. The van der Waals surface area contributed by atoms with Crippen molar-refractivity contribution in [2.75, 3.05) is 0 Å². The van der Waals surface area contributed by atoms with Gasteiger partial charge < -0.3 is 4.74 Å². The quantitative estimate of drug-likeness (QED) is 0.643. The summed E-state index contributed by atoms with van der Waals surface area (Å²) in [6.07, 6.45) is 7.10. The molecule has 1 aliphatic rings. The van der Waals surface area contributed by atoms with Crippen LogP contribution >= 0.6 is 0 Å². The molecule has 0 bridgehead atoms. The van der Waals surface area contributed by atoms with Crippen LogP contribution in [0, 0.1) is 32.1 Å². The van der Waals surface area contributed by atoms with E-state index in [9.17, 15) is 4.79 Å². The van der Waals surface area contributed by atoms with Gasteiger partial charge in [0, 0.05) is 11.6 Å². The van der Waals surface area contributed by atoms with E-state index in [1.165, 1.54) is 0 Å². The van der Waals surface area contributed by atoms with E-state index in [0.29, 0.717) is 11.5 Å². The Morgan fingerprint density at radius 1 is 1.36 bits per heavy atom. The highest BCUT2D eigenvalue weighted by Gasteiger charge is 2.33. The molecule has 0 aliphatic heterocycles. The van der Waals surface area contributed by atoms with Crippen molar-refractivity contribution in [2.45, 2.75) is 32.8 Å². The Labute approximate surface area is 130 Å². The van der Waals surface area contributed by atoms with E-state index in [1.807, 2.05) is 36.7 Å². The lowest BCUT2D eigenvalue weighted by Crippen LogP contribution is -2.18. The second-order valence-corrected chi connectivity index (χ2v) is 5.72. The van der Waals surface area contributed by atoms with Crippen molar-refractivity contribution in [3.05, 3.63) is 47.3 Å². The monoisotopic (exact) mass is 294 g/mol. The normalized spacial score (nSPS) is 15.1. The second kappa shape index (κ2) is 5.69. The van der Waals surface area contributed by atoms with Gasteiger partial charge in [-0.25, -0.2) is 9.48 Å². The van der Waals surface area contributed by atoms with Gasteiger partial charge in [-0.3, -0.25) is 0 Å². The van der Waals surface area contributed by atoms with Crippen LogP contribution in [0.2, 0.25) is 0 Å². The first-order valence-electron chi connectivity index (χ1n) is 7.39. The van der Waals surface area contributed by atoms with Gasteiger partial charge >= 0.3 is 5.97 Å². The van der Waals surface area contributed by atoms with Crippen LogP contribution in [0.3, 0.4) is 0 Å². The molecule has 0 radical (unpaired) electrons. The molecule has 1 atom stereocenters. The molecule has 112 valence electrons. The zero-order valence-electron chi connectivity index (χ0n) is 12.7. The van der Waals surface area contributed by atoms with Crippen LogP contribution in [0.1, 0.15) is 34.6 Å². The van der Waals surface area contributed by atoms with Crippen LogP contribution in [0.15, 0.2) is 30.3 Å². The lowest BCUT2D eigenvalue weighted by molar-refractivity contribution is 0.0374. The Kier molecular flexibility index (Phi) is 3.72. The highest BCUT2D eigenvalue weighted by molar-refractivity contribution is 5.89. The topological polar surface area (TPSA) is 44.1 Å². The molecule has 1 heterocycles. The number of carbonyl (C=O) groups excluding carboxylic acids is 1. The van der Waals surface area contributed by atoms with Gasteiger partial charge in [0.1, 0.15) is 0 Å². The van der Waals surface area contributed by atoms with Crippen LogP contribution in [-0.2, 0) is 4.74 Å². The zero-order chi connectivity index (χ0) is 15.7. The lowest BCUT2D eigenvalue weighted by Gasteiger charge is -2.11. The van der Waals surface area contributed by atoms with Gasteiger partial charge in [0.15, 0.2) is 6.10 Å². The number of benzene rings is 1. The first-order valence-corrected chi connectivity index (χ1v) is 7.39. The number of hydrogen-bond donors (Lipinski definition) is 0. The molecule has 1 saturated carbocycles. The molecule has 0 unspecified atom stereocenters. The van der Waals surface area contributed by atoms with E-state index in [-0.39, 0.29) is 5.97 Å². The van der Waals surface area contributed by atoms with Crippen molar-refractivity contribution in [1.29, 1.82) is 0 Å². The Morgan fingerprint density at radius 2 is 2.05 bits per heavy atom. The Balaban J connectivity index is 1.75. The van der Waals surface area contributed by atoms with E-state index in [2.05, 4.69) is 11.0 Å². The third kappa shape index (κ3) is 2.89. The van der Waals surface area contributed by atoms with Gasteiger partial charge in [-0.2, -0.15) is 5.10 Å². The summed E-state index contributed by atoms with van der Waals surface area (Å²) in [5.74, 6) is 2.53. The molecule has 4 heteroatoms. The minimum atomic E-state index is -0.400. The number of aromatic nitrogens is 2. The van der Waals surface area contributed by atoms with E-state index >= 15 is 0 Å². The molecule has 0 amide bonds. The van der Waals surface area contributed by atoms with Crippen LogP contribution in [0.25, 0.3) is 5.69 Å². The summed E-state index contributed by atoms with van der Waals surface area (Å²) in [5.41, 5.74) is 3.43. The molecule has 0 saturated heterocycles. The summed E-state index contributed by atoms with van der Waals surface area (Å²) in [7, 11) is 0. The zero-order valence-corrected chi connectivity index (χ0v) is 12.7. The number of rotatable bonds is 4. The number of ether oxygens (including phenoxy) is 1. The summed E-state index contributed by atoms with van der Waals surface area (Å²) < 4.78 is 7.23. The number of nitrogens with zero attached hydrogens (tertiary/aromatic N) is 2. The summed E-state index contributed by atoms with van der Waals surface area (Å²) >= 11 is 0. The van der Waals surface area contributed by atoms with Gasteiger partial charge in [-0.1, -0.05) is 5.92 Å². The molecular weight excluding hydrogens is 276 g/mol. The number of terminal acetylenes is 1. The molecule has 4 nitrogen and oxygen atoms in total. The van der Waals surface area contributed by atoms with Gasteiger partial charge in [-0.05, 0) is 57.0 Å². The maximum Gasteiger partial charge on any atom is 0.339 e. The van der Waals surface area contributed by atoms with Crippen LogP contribution in [0.4, 0.5) is 0 Å². The van der Waals surface area contributed by atoms with Crippen LogP contribution in [-0.4, -0.2) is 21.9 Å². The molecule has 0 spiro atoms. The summed E-state index contributed by atoms with van der Waals surface area (Å²) in [6, 6.07) is 9.22. The predicted octanol–water partition coefficient (Wildman–Crippen LogP) is 3.06. The maximum absolute atomic E-state index is 12.1. The van der Waals surface area contributed by atoms with Gasteiger partial charge in [0.05, 0.1) is 16.9 Å². The average molecular weight is 294 g/mol. The largest absolute Gasteiger partial charge is 0.445 e. The molecule has 1 fully saturated rings. The maximum atomic E-state index is 12.1. The van der Waals surface area contributed by atoms with Crippen molar-refractivity contribution in [2.24, 2.45) is 5.92 Å². The van der Waals surface area contributed by atoms with Gasteiger partial charge in [-0.15, -0.1) is 6.42 Å². The highest BCUT2D eigenvalue weighted by Crippen LogP contribution is 2.34. The Bertz CT molecular complexity index is 733. The van der Waals surface area contributed by atoms with Crippen molar-refractivity contribution in [3.8, 4) is 18.0 Å². The fourth-order valence-electron chi connectivity index (χ4n) is 2.48.